The Morgan fingerprint density at radius 2 is 2.10 bits per heavy atom. The van der Waals surface area contributed by atoms with Crippen LogP contribution in [0, 0.1) is 5.82 Å². The maximum Gasteiger partial charge on any atom is 0.257 e. The number of aromatic nitrogens is 2. The number of nitrogens with one attached hydrogen (secondary N) is 1. The van der Waals surface area contributed by atoms with Crippen LogP contribution in [0.25, 0.3) is 0 Å². The van der Waals surface area contributed by atoms with Gasteiger partial charge in [0.2, 0.25) is 0 Å². The zero-order chi connectivity index (χ0) is 20.7. The summed E-state index contributed by atoms with van der Waals surface area (Å²) in [4.78, 5) is 25.9. The highest BCUT2D eigenvalue weighted by Gasteiger charge is 2.45. The molecule has 2 aliphatic heterocycles. The molecule has 4 heterocycles. The minimum absolute atomic E-state index is 0.0239. The molecule has 1 N–H and O–H groups in total. The number of fused-ring (bicyclic) bond motifs is 2. The van der Waals surface area contributed by atoms with E-state index in [2.05, 4.69) is 20.2 Å². The minimum atomic E-state index is -0.641. The summed E-state index contributed by atoms with van der Waals surface area (Å²) in [6, 6.07) is 10.8. The zero-order valence-corrected chi connectivity index (χ0v) is 17.5. The lowest BCUT2D eigenvalue weighted by Gasteiger charge is -2.34. The Hall–Kier alpha value is -2.55. The standard InChI is InChI=1S/C21H19ClFN5OS/c22-17-5-2-4-16(19(17)23)20(29)28-12-14-9-15(28)11-27(14)10-13-3-1-6-18(25-13)26-21-24-7-8-30-21/h1-8,14-15H,9-12H2,(H,24,25,26)/t14-,15-/m0/s1. The molecule has 1 amide bonds. The average Bonchev–Trinajstić information content (AvgIpc) is 3.47. The van der Waals surface area contributed by atoms with E-state index in [4.69, 9.17) is 11.6 Å². The molecule has 0 aliphatic carbocycles. The van der Waals surface area contributed by atoms with Crippen LogP contribution in [0.3, 0.4) is 0 Å². The maximum absolute atomic E-state index is 14.3. The van der Waals surface area contributed by atoms with Crippen molar-refractivity contribution < 1.29 is 9.18 Å². The molecule has 6 nitrogen and oxygen atoms in total. The molecule has 0 unspecified atom stereocenters. The molecule has 0 radical (unpaired) electrons. The van der Waals surface area contributed by atoms with Gasteiger partial charge in [0.1, 0.15) is 5.82 Å². The fraction of sp³-hybridized carbons (Fsp3) is 0.286. The van der Waals surface area contributed by atoms with Crippen LogP contribution in [0.15, 0.2) is 48.0 Å². The predicted octanol–water partition coefficient (Wildman–Crippen LogP) is 4.17. The summed E-state index contributed by atoms with van der Waals surface area (Å²) < 4.78 is 14.3. The highest BCUT2D eigenvalue weighted by molar-refractivity contribution is 7.13. The Bertz CT molecular complexity index is 1080. The third-order valence-electron chi connectivity index (χ3n) is 5.64. The molecule has 154 valence electrons. The Balaban J connectivity index is 1.24. The number of likely N-dealkylation sites (tertiary alicyclic amines) is 2. The highest BCUT2D eigenvalue weighted by Crippen LogP contribution is 2.33. The molecule has 0 spiro atoms. The van der Waals surface area contributed by atoms with Gasteiger partial charge >= 0.3 is 0 Å². The van der Waals surface area contributed by atoms with E-state index >= 15 is 0 Å². The number of rotatable bonds is 5. The number of hydrogen-bond donors (Lipinski definition) is 1. The number of hydrogen-bond acceptors (Lipinski definition) is 6. The Morgan fingerprint density at radius 3 is 2.87 bits per heavy atom. The number of benzene rings is 1. The Labute approximate surface area is 182 Å². The molecule has 2 atom stereocenters. The van der Waals surface area contributed by atoms with Gasteiger partial charge in [0, 0.05) is 43.3 Å². The smallest absolute Gasteiger partial charge is 0.257 e. The molecule has 1 aromatic carbocycles. The number of anilines is 2. The van der Waals surface area contributed by atoms with Gasteiger partial charge in [-0.2, -0.15) is 0 Å². The number of nitrogens with zero attached hydrogens (tertiary/aromatic N) is 4. The number of thiazole rings is 1. The number of carbonyl (C=O) groups excluding carboxylic acids is 1. The first-order valence-corrected chi connectivity index (χ1v) is 11.0. The number of amides is 1. The van der Waals surface area contributed by atoms with Crippen molar-refractivity contribution >= 4 is 39.8 Å². The van der Waals surface area contributed by atoms with Crippen LogP contribution < -0.4 is 5.32 Å². The van der Waals surface area contributed by atoms with E-state index in [0.29, 0.717) is 13.1 Å². The average molecular weight is 444 g/mol. The van der Waals surface area contributed by atoms with E-state index in [1.54, 1.807) is 17.2 Å². The molecule has 30 heavy (non-hydrogen) atoms. The van der Waals surface area contributed by atoms with Gasteiger partial charge in [-0.1, -0.05) is 23.7 Å². The van der Waals surface area contributed by atoms with Crippen LogP contribution in [0.5, 0.6) is 0 Å². The quantitative estimate of drug-likeness (QED) is 0.641. The SMILES string of the molecule is O=C(c1cccc(Cl)c1F)N1C[C@@H]2C[C@H]1CN2Cc1cccc(Nc2nccs2)n1. The number of carbonyl (C=O) groups is 1. The van der Waals surface area contributed by atoms with Gasteiger partial charge < -0.3 is 10.2 Å². The second-order valence-corrected chi connectivity index (χ2v) is 8.81. The normalized spacial score (nSPS) is 20.7. The van der Waals surface area contributed by atoms with Gasteiger partial charge in [-0.05, 0) is 30.7 Å². The van der Waals surface area contributed by atoms with Crippen LogP contribution in [0.2, 0.25) is 5.02 Å². The zero-order valence-electron chi connectivity index (χ0n) is 16.0. The van der Waals surface area contributed by atoms with Crippen molar-refractivity contribution in [1.82, 2.24) is 19.8 Å². The van der Waals surface area contributed by atoms with Crippen LogP contribution in [0.1, 0.15) is 22.5 Å². The molecule has 2 aliphatic rings. The van der Waals surface area contributed by atoms with E-state index in [0.717, 1.165) is 29.6 Å². The third-order valence-corrected chi connectivity index (χ3v) is 6.62. The van der Waals surface area contributed by atoms with Crippen LogP contribution in [0.4, 0.5) is 15.3 Å². The molecular weight excluding hydrogens is 425 g/mol. The largest absolute Gasteiger partial charge is 0.333 e. The van der Waals surface area contributed by atoms with Gasteiger partial charge in [-0.3, -0.25) is 9.69 Å². The lowest BCUT2D eigenvalue weighted by atomic mass is 10.1. The van der Waals surface area contributed by atoms with Crippen LogP contribution in [-0.2, 0) is 6.54 Å². The maximum atomic E-state index is 14.3. The van der Waals surface area contributed by atoms with Crippen molar-refractivity contribution in [1.29, 1.82) is 0 Å². The van der Waals surface area contributed by atoms with Crippen LogP contribution in [-0.4, -0.2) is 50.8 Å². The summed E-state index contributed by atoms with van der Waals surface area (Å²) >= 11 is 7.37. The number of piperazine rings is 1. The second-order valence-electron chi connectivity index (χ2n) is 7.51. The summed E-state index contributed by atoms with van der Waals surface area (Å²) in [6.07, 6.45) is 2.64. The first kappa shape index (κ1) is 19.4. The molecule has 2 saturated heterocycles. The summed E-state index contributed by atoms with van der Waals surface area (Å²) in [5.41, 5.74) is 1.01. The molecule has 2 bridgehead atoms. The van der Waals surface area contributed by atoms with E-state index < -0.39 is 5.82 Å². The van der Waals surface area contributed by atoms with Crippen molar-refractivity contribution in [2.24, 2.45) is 0 Å². The summed E-state index contributed by atoms with van der Waals surface area (Å²) in [5, 5.41) is 5.91. The molecule has 3 aromatic rings. The van der Waals surface area contributed by atoms with Crippen molar-refractivity contribution in [3.05, 3.63) is 70.1 Å². The highest BCUT2D eigenvalue weighted by atomic mass is 35.5. The van der Waals surface area contributed by atoms with E-state index in [-0.39, 0.29) is 28.6 Å². The lowest BCUT2D eigenvalue weighted by molar-refractivity contribution is 0.0610. The van der Waals surface area contributed by atoms with Crippen molar-refractivity contribution in [3.8, 4) is 0 Å². The molecular formula is C21H19ClFN5OS. The van der Waals surface area contributed by atoms with Crippen molar-refractivity contribution in [2.75, 3.05) is 18.4 Å². The van der Waals surface area contributed by atoms with Gasteiger partial charge in [0.05, 0.1) is 16.3 Å². The molecule has 0 saturated carbocycles. The molecule has 2 fully saturated rings. The monoisotopic (exact) mass is 443 g/mol. The molecule has 5 rings (SSSR count). The number of halogens is 2. The first-order valence-electron chi connectivity index (χ1n) is 9.70. The lowest BCUT2D eigenvalue weighted by Crippen LogP contribution is -2.48. The van der Waals surface area contributed by atoms with E-state index in [9.17, 15) is 9.18 Å². The van der Waals surface area contributed by atoms with Gasteiger partial charge in [-0.15, -0.1) is 11.3 Å². The Morgan fingerprint density at radius 1 is 1.23 bits per heavy atom. The fourth-order valence-corrected chi connectivity index (χ4v) is 4.97. The summed E-state index contributed by atoms with van der Waals surface area (Å²) in [7, 11) is 0. The Kier molecular flexibility index (Phi) is 5.14. The van der Waals surface area contributed by atoms with E-state index in [1.807, 2.05) is 23.6 Å². The molecule has 2 aromatic heterocycles. The van der Waals surface area contributed by atoms with Gasteiger partial charge in [-0.25, -0.2) is 14.4 Å². The summed E-state index contributed by atoms with van der Waals surface area (Å²) in [6.45, 7) is 2.05. The van der Waals surface area contributed by atoms with Crippen molar-refractivity contribution in [3.63, 3.8) is 0 Å². The molecule has 9 heteroatoms. The van der Waals surface area contributed by atoms with Gasteiger partial charge in [0.25, 0.3) is 5.91 Å². The number of pyridine rings is 1. The fourth-order valence-electron chi connectivity index (χ4n) is 4.26. The third kappa shape index (κ3) is 3.66. The second kappa shape index (κ2) is 7.94. The van der Waals surface area contributed by atoms with E-state index in [1.165, 1.54) is 23.5 Å². The summed E-state index contributed by atoms with van der Waals surface area (Å²) in [5.74, 6) is -0.160. The topological polar surface area (TPSA) is 61.4 Å². The van der Waals surface area contributed by atoms with Gasteiger partial charge in [0.15, 0.2) is 10.9 Å². The predicted molar refractivity (Wildman–Crippen MR) is 115 cm³/mol. The first-order chi connectivity index (χ1) is 14.6. The minimum Gasteiger partial charge on any atom is -0.333 e. The van der Waals surface area contributed by atoms with Crippen molar-refractivity contribution in [2.45, 2.75) is 25.0 Å². The van der Waals surface area contributed by atoms with Crippen LogP contribution >= 0.6 is 22.9 Å².